The van der Waals surface area contributed by atoms with Crippen LogP contribution >= 0.6 is 0 Å². The van der Waals surface area contributed by atoms with E-state index in [4.69, 9.17) is 9.47 Å². The fraction of sp³-hybridized carbons (Fsp3) is 0.900. The van der Waals surface area contributed by atoms with Crippen molar-refractivity contribution in [2.75, 3.05) is 14.2 Å². The lowest BCUT2D eigenvalue weighted by Crippen LogP contribution is -2.54. The summed E-state index contributed by atoms with van der Waals surface area (Å²) in [4.78, 5) is 24.4. The number of carbonyl (C=O) groups excluding carboxylic acids is 2. The van der Waals surface area contributed by atoms with Gasteiger partial charge in [-0.2, -0.15) is 0 Å². The summed E-state index contributed by atoms with van der Waals surface area (Å²) in [6, 6.07) is -0.573. The molecule has 0 amide bonds. The van der Waals surface area contributed by atoms with Crippen LogP contribution < -0.4 is 5.32 Å². The monoisotopic (exact) mass is 357 g/mol. The second-order valence-corrected chi connectivity index (χ2v) is 7.73. The van der Waals surface area contributed by atoms with Gasteiger partial charge in [0.25, 0.3) is 0 Å². The third-order valence-electron chi connectivity index (χ3n) is 4.93. The Kier molecular flexibility index (Phi) is 11.7. The van der Waals surface area contributed by atoms with E-state index in [9.17, 15) is 9.59 Å². The van der Waals surface area contributed by atoms with Crippen molar-refractivity contribution in [1.82, 2.24) is 5.32 Å². The first-order chi connectivity index (χ1) is 11.7. The lowest BCUT2D eigenvalue weighted by atomic mass is 9.80. The molecular weight excluding hydrogens is 318 g/mol. The van der Waals surface area contributed by atoms with Crippen molar-refractivity contribution in [2.24, 2.45) is 11.3 Å². The summed E-state index contributed by atoms with van der Waals surface area (Å²) < 4.78 is 9.92. The number of carbonyl (C=O) groups is 2. The molecule has 0 aliphatic rings. The molecular formula is C20H39NO4. The van der Waals surface area contributed by atoms with Gasteiger partial charge in [0.15, 0.2) is 0 Å². The molecule has 0 radical (unpaired) electrons. The number of unbranched alkanes of at least 4 members (excludes halogenated alkanes) is 5. The second-order valence-electron chi connectivity index (χ2n) is 7.73. The van der Waals surface area contributed by atoms with Gasteiger partial charge >= 0.3 is 11.9 Å². The van der Waals surface area contributed by atoms with E-state index in [1.165, 1.54) is 39.9 Å². The Morgan fingerprint density at radius 3 is 2.00 bits per heavy atom. The number of rotatable bonds is 13. The maximum Gasteiger partial charge on any atom is 0.323 e. The summed E-state index contributed by atoms with van der Waals surface area (Å²) in [7, 11) is 2.81. The van der Waals surface area contributed by atoms with Gasteiger partial charge in [0.2, 0.25) is 0 Å². The van der Waals surface area contributed by atoms with Crippen molar-refractivity contribution < 1.29 is 19.1 Å². The zero-order valence-corrected chi connectivity index (χ0v) is 17.3. The van der Waals surface area contributed by atoms with Gasteiger partial charge in [-0.3, -0.25) is 9.59 Å². The zero-order chi connectivity index (χ0) is 19.5. The first-order valence-electron chi connectivity index (χ1n) is 9.64. The minimum atomic E-state index is -0.709. The summed E-state index contributed by atoms with van der Waals surface area (Å²) in [6.45, 7) is 9.91. The van der Waals surface area contributed by atoms with E-state index in [1.54, 1.807) is 0 Å². The predicted molar refractivity (Wildman–Crippen MR) is 101 cm³/mol. The SMILES string of the molecule is CCCCCCCC[C@@H](N[C@H](C(=O)OC)C(C)C)C(C)(C)C(=O)OC. The van der Waals surface area contributed by atoms with E-state index in [1.807, 2.05) is 27.7 Å². The molecule has 0 aromatic heterocycles. The highest BCUT2D eigenvalue weighted by Crippen LogP contribution is 2.28. The van der Waals surface area contributed by atoms with Crippen LogP contribution in [0, 0.1) is 11.3 Å². The largest absolute Gasteiger partial charge is 0.469 e. The average molecular weight is 358 g/mol. The van der Waals surface area contributed by atoms with Gasteiger partial charge in [-0.25, -0.2) is 0 Å². The molecule has 148 valence electrons. The molecule has 0 aromatic carbocycles. The molecule has 0 bridgehead atoms. The van der Waals surface area contributed by atoms with Gasteiger partial charge in [0.1, 0.15) is 6.04 Å². The molecule has 2 atom stereocenters. The molecule has 0 aromatic rings. The number of ether oxygens (including phenoxy) is 2. The molecule has 0 saturated carbocycles. The van der Waals surface area contributed by atoms with Crippen LogP contribution in [-0.2, 0) is 19.1 Å². The van der Waals surface area contributed by atoms with Crippen molar-refractivity contribution in [2.45, 2.75) is 91.6 Å². The van der Waals surface area contributed by atoms with Crippen LogP contribution in [0.15, 0.2) is 0 Å². The predicted octanol–water partition coefficient (Wildman–Crippen LogP) is 4.09. The number of methoxy groups -OCH3 is 2. The maximum absolute atomic E-state index is 12.3. The van der Waals surface area contributed by atoms with Gasteiger partial charge < -0.3 is 14.8 Å². The Labute approximate surface area is 154 Å². The summed E-state index contributed by atoms with van der Waals surface area (Å²) in [5.41, 5.74) is -0.709. The van der Waals surface area contributed by atoms with Crippen LogP contribution in [0.4, 0.5) is 0 Å². The number of nitrogens with one attached hydrogen (secondary N) is 1. The lowest BCUT2D eigenvalue weighted by molar-refractivity contribution is -0.154. The van der Waals surface area contributed by atoms with E-state index in [0.29, 0.717) is 0 Å². The summed E-state index contributed by atoms with van der Waals surface area (Å²) in [6.07, 6.45) is 7.96. The Balaban J connectivity index is 5.00. The molecule has 0 fully saturated rings. The average Bonchev–Trinajstić information content (AvgIpc) is 2.58. The normalized spacial score (nSPS) is 14.2. The van der Waals surface area contributed by atoms with Gasteiger partial charge in [-0.1, -0.05) is 59.3 Å². The molecule has 0 aliphatic heterocycles. The first-order valence-corrected chi connectivity index (χ1v) is 9.64. The zero-order valence-electron chi connectivity index (χ0n) is 17.3. The minimum absolute atomic E-state index is 0.0768. The summed E-state index contributed by atoms with van der Waals surface area (Å²) >= 11 is 0. The van der Waals surface area contributed by atoms with Gasteiger partial charge in [-0.05, 0) is 26.2 Å². The molecule has 0 saturated heterocycles. The van der Waals surface area contributed by atoms with E-state index in [0.717, 1.165) is 19.3 Å². The highest BCUT2D eigenvalue weighted by Gasteiger charge is 2.40. The fourth-order valence-electron chi connectivity index (χ4n) is 3.06. The van der Waals surface area contributed by atoms with E-state index < -0.39 is 11.5 Å². The lowest BCUT2D eigenvalue weighted by Gasteiger charge is -2.36. The van der Waals surface area contributed by atoms with Crippen molar-refractivity contribution in [3.63, 3.8) is 0 Å². The van der Waals surface area contributed by atoms with Crippen LogP contribution in [0.5, 0.6) is 0 Å². The van der Waals surface area contributed by atoms with Crippen molar-refractivity contribution in [3.05, 3.63) is 0 Å². The first kappa shape index (κ1) is 23.9. The maximum atomic E-state index is 12.3. The Hall–Kier alpha value is -1.10. The standard InChI is InChI=1S/C20H39NO4/c1-8-9-10-11-12-13-14-16(20(4,5)19(23)25-7)21-17(15(2)3)18(22)24-6/h15-17,21H,8-14H2,1-7H3/t16-,17+/m1/s1. The molecule has 0 unspecified atom stereocenters. The van der Waals surface area contributed by atoms with E-state index in [2.05, 4.69) is 12.2 Å². The third-order valence-corrected chi connectivity index (χ3v) is 4.93. The van der Waals surface area contributed by atoms with Crippen LogP contribution in [0.1, 0.15) is 79.6 Å². The molecule has 0 rings (SSSR count). The molecule has 0 spiro atoms. The number of hydrogen-bond donors (Lipinski definition) is 1. The Morgan fingerprint density at radius 2 is 1.52 bits per heavy atom. The minimum Gasteiger partial charge on any atom is -0.469 e. The van der Waals surface area contributed by atoms with E-state index >= 15 is 0 Å². The number of hydrogen-bond acceptors (Lipinski definition) is 5. The van der Waals surface area contributed by atoms with Crippen molar-refractivity contribution in [1.29, 1.82) is 0 Å². The summed E-state index contributed by atoms with van der Waals surface area (Å²) in [5, 5.41) is 3.39. The van der Waals surface area contributed by atoms with Gasteiger partial charge in [0, 0.05) is 6.04 Å². The highest BCUT2D eigenvalue weighted by atomic mass is 16.5. The van der Waals surface area contributed by atoms with Crippen LogP contribution in [-0.4, -0.2) is 38.2 Å². The van der Waals surface area contributed by atoms with Crippen molar-refractivity contribution >= 4 is 11.9 Å². The summed E-state index contributed by atoms with van der Waals surface area (Å²) in [5.74, 6) is -0.472. The smallest absolute Gasteiger partial charge is 0.323 e. The highest BCUT2D eigenvalue weighted by molar-refractivity contribution is 5.78. The van der Waals surface area contributed by atoms with Crippen molar-refractivity contribution in [3.8, 4) is 0 Å². The third kappa shape index (κ3) is 8.21. The molecule has 5 heteroatoms. The quantitative estimate of drug-likeness (QED) is 0.397. The molecule has 5 nitrogen and oxygen atoms in total. The molecule has 0 aliphatic carbocycles. The molecule has 25 heavy (non-hydrogen) atoms. The number of esters is 2. The Morgan fingerprint density at radius 1 is 0.960 bits per heavy atom. The van der Waals surface area contributed by atoms with Gasteiger partial charge in [-0.15, -0.1) is 0 Å². The van der Waals surface area contributed by atoms with Crippen LogP contribution in [0.25, 0.3) is 0 Å². The van der Waals surface area contributed by atoms with E-state index in [-0.39, 0.29) is 23.9 Å². The molecule has 1 N–H and O–H groups in total. The van der Waals surface area contributed by atoms with Crippen LogP contribution in [0.2, 0.25) is 0 Å². The molecule has 0 heterocycles. The van der Waals surface area contributed by atoms with Gasteiger partial charge in [0.05, 0.1) is 19.6 Å². The topological polar surface area (TPSA) is 64.6 Å². The van der Waals surface area contributed by atoms with Crippen LogP contribution in [0.3, 0.4) is 0 Å². The Bertz CT molecular complexity index is 393. The fourth-order valence-corrected chi connectivity index (χ4v) is 3.06. The second kappa shape index (κ2) is 12.3.